The largest absolute Gasteiger partial charge is 0.466 e. The summed E-state index contributed by atoms with van der Waals surface area (Å²) in [6.07, 6.45) is 2.52. The fourth-order valence-electron chi connectivity index (χ4n) is 2.45. The Kier molecular flexibility index (Phi) is 5.10. The molecular weight excluding hydrogens is 292 g/mol. The molecule has 1 aliphatic carbocycles. The van der Waals surface area contributed by atoms with Gasteiger partial charge in [-0.1, -0.05) is 11.8 Å². The van der Waals surface area contributed by atoms with Crippen molar-refractivity contribution in [3.8, 4) is 0 Å². The molecule has 118 valence electrons. The molecule has 1 heterocycles. The van der Waals surface area contributed by atoms with Gasteiger partial charge in [0, 0.05) is 12.8 Å². The van der Waals surface area contributed by atoms with Gasteiger partial charge < -0.3 is 15.6 Å². The van der Waals surface area contributed by atoms with Gasteiger partial charge in [-0.2, -0.15) is 0 Å². The minimum atomic E-state index is -0.769. The molecule has 2 rings (SSSR count). The second-order valence-electron chi connectivity index (χ2n) is 5.44. The number of nitrogens with two attached hydrogens (primary N) is 1. The van der Waals surface area contributed by atoms with Gasteiger partial charge in [0.15, 0.2) is 5.16 Å². The number of rotatable bonds is 5. The van der Waals surface area contributed by atoms with Crippen LogP contribution in [0.3, 0.4) is 0 Å². The van der Waals surface area contributed by atoms with E-state index in [9.17, 15) is 9.90 Å². The Balaban J connectivity index is 1.85. The Morgan fingerprint density at radius 2 is 2.19 bits per heavy atom. The maximum atomic E-state index is 11.7. The number of aromatic nitrogens is 3. The van der Waals surface area contributed by atoms with Crippen LogP contribution in [0.5, 0.6) is 0 Å². The molecule has 1 saturated carbocycles. The number of aliphatic hydroxyl groups is 1. The highest BCUT2D eigenvalue weighted by Crippen LogP contribution is 2.36. The lowest BCUT2D eigenvalue weighted by Gasteiger charge is -2.34. The lowest BCUT2D eigenvalue weighted by Crippen LogP contribution is -2.38. The highest BCUT2D eigenvalue weighted by atomic mass is 32.2. The summed E-state index contributed by atoms with van der Waals surface area (Å²) in [6.45, 7) is 2.21. The Hall–Kier alpha value is -1.28. The Morgan fingerprint density at radius 1 is 1.52 bits per heavy atom. The molecule has 0 radical (unpaired) electrons. The van der Waals surface area contributed by atoms with Gasteiger partial charge in [0.05, 0.1) is 18.1 Å². The van der Waals surface area contributed by atoms with Gasteiger partial charge in [-0.15, -0.1) is 10.2 Å². The quantitative estimate of drug-likeness (QED) is 0.616. The molecule has 0 aromatic carbocycles. The molecule has 1 aromatic heterocycles. The van der Waals surface area contributed by atoms with E-state index in [4.69, 9.17) is 10.5 Å². The van der Waals surface area contributed by atoms with Crippen LogP contribution in [0.4, 0.5) is 5.95 Å². The second kappa shape index (κ2) is 6.65. The zero-order chi connectivity index (χ0) is 15.5. The van der Waals surface area contributed by atoms with Crippen molar-refractivity contribution in [1.29, 1.82) is 0 Å². The normalized spacial score (nSPS) is 25.8. The number of ether oxygens (including phenoxy) is 1. The average Bonchev–Trinajstić information content (AvgIpc) is 2.78. The van der Waals surface area contributed by atoms with E-state index in [1.165, 1.54) is 11.8 Å². The van der Waals surface area contributed by atoms with Crippen molar-refractivity contribution in [2.75, 3.05) is 18.1 Å². The molecule has 1 aromatic rings. The topological polar surface area (TPSA) is 103 Å². The zero-order valence-electron chi connectivity index (χ0n) is 12.4. The highest BCUT2D eigenvalue weighted by molar-refractivity contribution is 7.99. The first-order valence-corrected chi connectivity index (χ1v) is 8.10. The van der Waals surface area contributed by atoms with Gasteiger partial charge in [-0.3, -0.25) is 9.36 Å². The molecule has 0 aliphatic heterocycles. The number of esters is 1. The molecule has 8 heteroatoms. The molecule has 0 bridgehead atoms. The summed E-state index contributed by atoms with van der Waals surface area (Å²) in [6, 6.07) is 0. The van der Waals surface area contributed by atoms with E-state index < -0.39 is 5.60 Å². The SMILES string of the molecule is CCOC(=O)C1CCC(O)(CSc2nnc(N)n2C)CC1. The minimum Gasteiger partial charge on any atom is -0.466 e. The van der Waals surface area contributed by atoms with E-state index in [1.54, 1.807) is 18.5 Å². The van der Waals surface area contributed by atoms with Crippen LogP contribution >= 0.6 is 11.8 Å². The number of nitrogens with zero attached hydrogens (tertiary/aromatic N) is 3. The van der Waals surface area contributed by atoms with Crippen molar-refractivity contribution in [3.05, 3.63) is 0 Å². The van der Waals surface area contributed by atoms with Crippen molar-refractivity contribution in [3.63, 3.8) is 0 Å². The van der Waals surface area contributed by atoms with E-state index in [-0.39, 0.29) is 11.9 Å². The third-order valence-corrected chi connectivity index (χ3v) is 5.17. The Bertz CT molecular complexity index is 498. The first-order valence-electron chi connectivity index (χ1n) is 7.12. The summed E-state index contributed by atoms with van der Waals surface area (Å²) in [7, 11) is 1.79. The highest BCUT2D eigenvalue weighted by Gasteiger charge is 2.36. The molecule has 3 N–H and O–H groups in total. The summed E-state index contributed by atoms with van der Waals surface area (Å²) in [4.78, 5) is 11.7. The first kappa shape index (κ1) is 16.1. The van der Waals surface area contributed by atoms with Crippen LogP contribution in [0, 0.1) is 5.92 Å². The van der Waals surface area contributed by atoms with Crippen LogP contribution in [-0.4, -0.2) is 43.8 Å². The van der Waals surface area contributed by atoms with Crippen molar-refractivity contribution in [2.24, 2.45) is 13.0 Å². The van der Waals surface area contributed by atoms with Crippen LogP contribution in [0.25, 0.3) is 0 Å². The average molecular weight is 314 g/mol. The van der Waals surface area contributed by atoms with Gasteiger partial charge in [-0.05, 0) is 32.6 Å². The molecule has 0 unspecified atom stereocenters. The molecule has 0 saturated heterocycles. The summed E-state index contributed by atoms with van der Waals surface area (Å²) >= 11 is 1.44. The number of carbonyl (C=O) groups is 1. The van der Waals surface area contributed by atoms with Crippen LogP contribution < -0.4 is 5.73 Å². The van der Waals surface area contributed by atoms with E-state index in [1.807, 2.05) is 0 Å². The maximum Gasteiger partial charge on any atom is 0.308 e. The van der Waals surface area contributed by atoms with Crippen LogP contribution in [0.2, 0.25) is 0 Å². The number of thioether (sulfide) groups is 1. The molecule has 21 heavy (non-hydrogen) atoms. The van der Waals surface area contributed by atoms with Gasteiger partial charge >= 0.3 is 5.97 Å². The third-order valence-electron chi connectivity index (χ3n) is 3.87. The molecule has 7 nitrogen and oxygen atoms in total. The van der Waals surface area contributed by atoms with Gasteiger partial charge in [0.2, 0.25) is 5.95 Å². The maximum absolute atomic E-state index is 11.7. The number of carbonyl (C=O) groups excluding carboxylic acids is 1. The van der Waals surface area contributed by atoms with Crippen molar-refractivity contribution < 1.29 is 14.6 Å². The van der Waals surface area contributed by atoms with Gasteiger partial charge in [-0.25, -0.2) is 0 Å². The monoisotopic (exact) mass is 314 g/mol. The van der Waals surface area contributed by atoms with Gasteiger partial charge in [0.1, 0.15) is 0 Å². The lowest BCUT2D eigenvalue weighted by atomic mass is 9.80. The second-order valence-corrected chi connectivity index (χ2v) is 6.38. The Labute approximate surface area is 128 Å². The van der Waals surface area contributed by atoms with E-state index in [0.29, 0.717) is 49.1 Å². The standard InChI is InChI=1S/C13H22N4O3S/c1-3-20-10(18)9-4-6-13(19,7-5-9)8-21-12-16-15-11(14)17(12)2/h9,19H,3-8H2,1-2H3,(H2,14,15). The fraction of sp³-hybridized carbons (Fsp3) is 0.769. The van der Waals surface area contributed by atoms with Crippen molar-refractivity contribution in [2.45, 2.75) is 43.4 Å². The van der Waals surface area contributed by atoms with Crippen LogP contribution in [0.1, 0.15) is 32.6 Å². The summed E-state index contributed by atoms with van der Waals surface area (Å²) < 4.78 is 6.73. The molecule has 0 atom stereocenters. The van der Waals surface area contributed by atoms with Gasteiger partial charge in [0.25, 0.3) is 0 Å². The predicted molar refractivity (Wildman–Crippen MR) is 79.7 cm³/mol. The molecule has 0 amide bonds. The van der Waals surface area contributed by atoms with Crippen molar-refractivity contribution in [1.82, 2.24) is 14.8 Å². The van der Waals surface area contributed by atoms with E-state index >= 15 is 0 Å². The van der Waals surface area contributed by atoms with Crippen LogP contribution in [-0.2, 0) is 16.6 Å². The number of hydrogen-bond donors (Lipinski definition) is 2. The smallest absolute Gasteiger partial charge is 0.308 e. The molecule has 0 spiro atoms. The minimum absolute atomic E-state index is 0.0827. The van der Waals surface area contributed by atoms with Crippen LogP contribution in [0.15, 0.2) is 5.16 Å². The summed E-state index contributed by atoms with van der Waals surface area (Å²) in [5, 5.41) is 19.0. The number of anilines is 1. The zero-order valence-corrected chi connectivity index (χ0v) is 13.2. The third kappa shape index (κ3) is 3.88. The Morgan fingerprint density at radius 3 is 2.71 bits per heavy atom. The molecular formula is C13H22N4O3S. The summed E-state index contributed by atoms with van der Waals surface area (Å²) in [5.74, 6) is 0.651. The van der Waals surface area contributed by atoms with E-state index in [0.717, 1.165) is 0 Å². The fourth-order valence-corrected chi connectivity index (χ4v) is 3.52. The number of nitrogen functional groups attached to an aromatic ring is 1. The summed E-state index contributed by atoms with van der Waals surface area (Å²) in [5.41, 5.74) is 4.85. The van der Waals surface area contributed by atoms with E-state index in [2.05, 4.69) is 10.2 Å². The predicted octanol–water partition coefficient (Wildman–Crippen LogP) is 0.974. The van der Waals surface area contributed by atoms with Crippen molar-refractivity contribution >= 4 is 23.7 Å². The molecule has 1 aliphatic rings. The lowest BCUT2D eigenvalue weighted by molar-refractivity contribution is -0.150. The first-order chi connectivity index (χ1) is 9.95. The number of hydrogen-bond acceptors (Lipinski definition) is 7. The molecule has 1 fully saturated rings.